The van der Waals surface area contributed by atoms with Crippen molar-refractivity contribution in [2.75, 3.05) is 19.3 Å². The van der Waals surface area contributed by atoms with Crippen LogP contribution in [-0.2, 0) is 15.8 Å². The Balaban J connectivity index is 1.54. The standard InChI is InChI=1S/C23H26F2N2O2S/c1-30(29)26-15-7-4-5-12-27(14-15)23(28)19-13-18(19)16-8-2-3-9-17(16)22-20(24)10-6-11-21(22)25/h2-3,6,8-11,15,18-19,26H,4-5,7,12-14H2,1H3. The smallest absolute Gasteiger partial charge is 0.226 e. The van der Waals surface area contributed by atoms with Crippen LogP contribution < -0.4 is 4.72 Å². The van der Waals surface area contributed by atoms with Crippen molar-refractivity contribution in [2.24, 2.45) is 5.92 Å². The molecule has 160 valence electrons. The Morgan fingerprint density at radius 2 is 1.83 bits per heavy atom. The summed E-state index contributed by atoms with van der Waals surface area (Å²) >= 11 is 0. The Labute approximate surface area is 178 Å². The van der Waals surface area contributed by atoms with E-state index >= 15 is 0 Å². The molecule has 2 aliphatic rings. The third kappa shape index (κ3) is 4.47. The van der Waals surface area contributed by atoms with Gasteiger partial charge in [-0.1, -0.05) is 36.8 Å². The number of amides is 1. The molecule has 4 nitrogen and oxygen atoms in total. The maximum absolute atomic E-state index is 14.4. The molecule has 1 heterocycles. The number of hydrogen-bond donors (Lipinski definition) is 1. The van der Waals surface area contributed by atoms with Gasteiger partial charge in [-0.2, -0.15) is 0 Å². The van der Waals surface area contributed by atoms with Gasteiger partial charge in [-0.25, -0.2) is 17.7 Å². The molecule has 1 saturated carbocycles. The van der Waals surface area contributed by atoms with E-state index in [1.165, 1.54) is 18.2 Å². The molecule has 1 aliphatic heterocycles. The molecular weight excluding hydrogens is 406 g/mol. The normalized spacial score (nSPS) is 24.9. The quantitative estimate of drug-likeness (QED) is 0.777. The zero-order valence-corrected chi connectivity index (χ0v) is 17.8. The van der Waals surface area contributed by atoms with Crippen LogP contribution in [0.4, 0.5) is 8.78 Å². The van der Waals surface area contributed by atoms with Gasteiger partial charge >= 0.3 is 0 Å². The second-order valence-electron chi connectivity index (χ2n) is 8.18. The Kier molecular flexibility index (Phi) is 6.29. The highest BCUT2D eigenvalue weighted by Crippen LogP contribution is 2.51. The van der Waals surface area contributed by atoms with E-state index in [0.29, 0.717) is 25.1 Å². The molecule has 4 unspecified atom stereocenters. The maximum atomic E-state index is 14.4. The lowest BCUT2D eigenvalue weighted by Gasteiger charge is -2.25. The number of nitrogens with zero attached hydrogens (tertiary/aromatic N) is 1. The van der Waals surface area contributed by atoms with E-state index in [-0.39, 0.29) is 29.3 Å². The fourth-order valence-corrected chi connectivity index (χ4v) is 5.18. The fraction of sp³-hybridized carbons (Fsp3) is 0.435. The van der Waals surface area contributed by atoms with Gasteiger partial charge in [-0.3, -0.25) is 4.79 Å². The number of carbonyl (C=O) groups is 1. The summed E-state index contributed by atoms with van der Waals surface area (Å²) in [6, 6.07) is 11.1. The van der Waals surface area contributed by atoms with Gasteiger partial charge in [-0.15, -0.1) is 0 Å². The van der Waals surface area contributed by atoms with Crippen molar-refractivity contribution in [2.45, 2.75) is 37.6 Å². The SMILES string of the molecule is CS(=O)NC1CCCCN(C(=O)C2CC2c2ccccc2-c2c(F)cccc2F)C1. The van der Waals surface area contributed by atoms with Gasteiger partial charge in [0.1, 0.15) is 11.6 Å². The van der Waals surface area contributed by atoms with Crippen molar-refractivity contribution >= 4 is 16.9 Å². The van der Waals surface area contributed by atoms with Gasteiger partial charge in [-0.05, 0) is 48.4 Å². The van der Waals surface area contributed by atoms with Gasteiger partial charge in [0.2, 0.25) is 5.91 Å². The van der Waals surface area contributed by atoms with Gasteiger partial charge in [0, 0.05) is 31.3 Å². The Morgan fingerprint density at radius 3 is 2.57 bits per heavy atom. The summed E-state index contributed by atoms with van der Waals surface area (Å²) in [4.78, 5) is 15.1. The third-order valence-electron chi connectivity index (χ3n) is 6.02. The molecule has 2 aromatic carbocycles. The van der Waals surface area contributed by atoms with Gasteiger partial charge < -0.3 is 4.90 Å². The minimum Gasteiger partial charge on any atom is -0.341 e. The summed E-state index contributed by atoms with van der Waals surface area (Å²) in [5.41, 5.74) is 1.31. The van der Waals surface area contributed by atoms with Crippen molar-refractivity contribution in [3.63, 3.8) is 0 Å². The molecule has 1 saturated heterocycles. The second kappa shape index (κ2) is 8.94. The van der Waals surface area contributed by atoms with Crippen LogP contribution in [-0.4, -0.2) is 40.4 Å². The Hall–Kier alpha value is -2.12. The molecule has 0 aromatic heterocycles. The van der Waals surface area contributed by atoms with E-state index < -0.39 is 22.6 Å². The zero-order valence-electron chi connectivity index (χ0n) is 16.9. The number of halogens is 2. The highest BCUT2D eigenvalue weighted by Gasteiger charge is 2.47. The number of likely N-dealkylation sites (tertiary alicyclic amines) is 1. The van der Waals surface area contributed by atoms with Gasteiger partial charge in [0.15, 0.2) is 0 Å². The average molecular weight is 433 g/mol. The van der Waals surface area contributed by atoms with Crippen molar-refractivity contribution < 1.29 is 17.8 Å². The van der Waals surface area contributed by atoms with E-state index in [4.69, 9.17) is 0 Å². The first-order valence-electron chi connectivity index (χ1n) is 10.4. The predicted molar refractivity (Wildman–Crippen MR) is 114 cm³/mol. The molecule has 4 atom stereocenters. The van der Waals surface area contributed by atoms with Crippen LogP contribution in [0.5, 0.6) is 0 Å². The van der Waals surface area contributed by atoms with Crippen LogP contribution in [0.3, 0.4) is 0 Å². The van der Waals surface area contributed by atoms with Crippen molar-refractivity contribution in [3.8, 4) is 11.1 Å². The van der Waals surface area contributed by atoms with Gasteiger partial charge in [0.25, 0.3) is 0 Å². The first-order chi connectivity index (χ1) is 14.5. The molecule has 4 rings (SSSR count). The van der Waals surface area contributed by atoms with Crippen LogP contribution in [0.2, 0.25) is 0 Å². The number of benzene rings is 2. The van der Waals surface area contributed by atoms with Crippen LogP contribution in [0.1, 0.15) is 37.2 Å². The molecule has 1 amide bonds. The molecule has 2 fully saturated rings. The minimum atomic E-state index is -1.12. The van der Waals surface area contributed by atoms with Crippen LogP contribution >= 0.6 is 0 Å². The van der Waals surface area contributed by atoms with Crippen molar-refractivity contribution in [1.29, 1.82) is 0 Å². The highest BCUT2D eigenvalue weighted by molar-refractivity contribution is 7.82. The average Bonchev–Trinajstić information content (AvgIpc) is 3.52. The second-order valence-corrected chi connectivity index (χ2v) is 9.33. The summed E-state index contributed by atoms with van der Waals surface area (Å²) < 4.78 is 43.4. The first kappa shape index (κ1) is 21.1. The Morgan fingerprint density at radius 1 is 1.10 bits per heavy atom. The molecule has 1 aliphatic carbocycles. The fourth-order valence-electron chi connectivity index (χ4n) is 4.52. The number of carbonyl (C=O) groups excluding carboxylic acids is 1. The van der Waals surface area contributed by atoms with E-state index in [2.05, 4.69) is 4.72 Å². The summed E-state index contributed by atoms with van der Waals surface area (Å²) in [5, 5.41) is 0. The van der Waals surface area contributed by atoms with E-state index in [0.717, 1.165) is 24.8 Å². The Bertz CT molecular complexity index is 948. The van der Waals surface area contributed by atoms with Crippen LogP contribution in [0.15, 0.2) is 42.5 Å². The lowest BCUT2D eigenvalue weighted by molar-refractivity contribution is -0.132. The zero-order chi connectivity index (χ0) is 21.3. The number of nitrogens with one attached hydrogen (secondary N) is 1. The van der Waals surface area contributed by atoms with Crippen LogP contribution in [0, 0.1) is 17.6 Å². The molecule has 0 bridgehead atoms. The monoisotopic (exact) mass is 432 g/mol. The number of rotatable bonds is 5. The molecular formula is C23H26F2N2O2S. The predicted octanol–water partition coefficient (Wildman–Crippen LogP) is 4.00. The van der Waals surface area contributed by atoms with Crippen molar-refractivity contribution in [1.82, 2.24) is 9.62 Å². The maximum Gasteiger partial charge on any atom is 0.226 e. The summed E-state index contributed by atoms with van der Waals surface area (Å²) in [6.45, 7) is 1.24. The molecule has 7 heteroatoms. The summed E-state index contributed by atoms with van der Waals surface area (Å²) in [5.74, 6) is -1.33. The van der Waals surface area contributed by atoms with Crippen molar-refractivity contribution in [3.05, 3.63) is 59.7 Å². The molecule has 30 heavy (non-hydrogen) atoms. The molecule has 0 spiro atoms. The summed E-state index contributed by atoms with van der Waals surface area (Å²) in [7, 11) is -1.12. The van der Waals surface area contributed by atoms with E-state index in [9.17, 15) is 17.8 Å². The largest absolute Gasteiger partial charge is 0.341 e. The summed E-state index contributed by atoms with van der Waals surface area (Å²) in [6.07, 6.45) is 5.09. The van der Waals surface area contributed by atoms with E-state index in [1.807, 2.05) is 17.0 Å². The lowest BCUT2D eigenvalue weighted by atomic mass is 9.95. The highest BCUT2D eigenvalue weighted by atomic mass is 32.2. The molecule has 1 N–H and O–H groups in total. The minimum absolute atomic E-state index is 0.0271. The first-order valence-corrected chi connectivity index (χ1v) is 11.9. The van der Waals surface area contributed by atoms with Gasteiger partial charge in [0.05, 0.1) is 16.5 Å². The lowest BCUT2D eigenvalue weighted by Crippen LogP contribution is -2.43. The topological polar surface area (TPSA) is 49.4 Å². The molecule has 2 aromatic rings. The van der Waals surface area contributed by atoms with Crippen LogP contribution in [0.25, 0.3) is 11.1 Å². The van der Waals surface area contributed by atoms with E-state index in [1.54, 1.807) is 18.4 Å². The third-order valence-corrected chi connectivity index (χ3v) is 6.68. The molecule has 0 radical (unpaired) electrons. The number of hydrogen-bond acceptors (Lipinski definition) is 2.